The number of hydrogen-bond acceptors (Lipinski definition) is 1. The lowest BCUT2D eigenvalue weighted by atomic mass is 10.1. The van der Waals surface area contributed by atoms with Crippen molar-refractivity contribution in [3.8, 4) is 0 Å². The highest BCUT2D eigenvalue weighted by molar-refractivity contribution is 5.64. The topological polar surface area (TPSA) is 20.2 Å². The Hall–Kier alpha value is -1.08. The number of rotatable bonds is 1. The molecule has 0 saturated heterocycles. The number of benzene rings is 1. The van der Waals surface area contributed by atoms with Crippen LogP contribution in [0.4, 0.5) is 0 Å². The zero-order valence-corrected chi connectivity index (χ0v) is 7.12. The third-order valence-corrected chi connectivity index (χ3v) is 2.33. The summed E-state index contributed by atoms with van der Waals surface area (Å²) >= 11 is 0. The quantitative estimate of drug-likeness (QED) is 0.666. The Bertz CT molecular complexity index is 324. The van der Waals surface area contributed by atoms with Gasteiger partial charge in [-0.05, 0) is 30.0 Å². The highest BCUT2D eigenvalue weighted by Gasteiger charge is 2.14. The molecule has 1 atom stereocenters. The molecule has 0 aromatic heterocycles. The van der Waals surface area contributed by atoms with E-state index < -0.39 is 0 Å². The van der Waals surface area contributed by atoms with Crippen LogP contribution in [0.25, 0.3) is 6.08 Å². The molecule has 62 valence electrons. The largest absolute Gasteiger partial charge is 0.389 e. The summed E-state index contributed by atoms with van der Waals surface area (Å²) in [5, 5.41) is 9.36. The minimum Gasteiger partial charge on any atom is -0.389 e. The van der Waals surface area contributed by atoms with Gasteiger partial charge in [-0.1, -0.05) is 30.3 Å². The maximum absolute atomic E-state index is 9.36. The van der Waals surface area contributed by atoms with Crippen LogP contribution in [0.15, 0.2) is 29.8 Å². The van der Waals surface area contributed by atoms with Crippen LogP contribution in [-0.4, -0.2) is 11.2 Å². The van der Waals surface area contributed by atoms with Crippen LogP contribution in [-0.2, 0) is 6.42 Å². The molecule has 0 saturated carbocycles. The molecule has 1 aromatic rings. The molecule has 0 amide bonds. The average molecular weight is 160 g/mol. The molecule has 1 heteroatoms. The van der Waals surface area contributed by atoms with Crippen LogP contribution in [0, 0.1) is 0 Å². The standard InChI is InChI=1S/C11H12O/c1-8(12)11-6-9-4-2-3-5-10(9)7-11/h2-6,8,12H,7H2,1H3. The summed E-state index contributed by atoms with van der Waals surface area (Å²) in [5.41, 5.74) is 3.71. The first-order valence-electron chi connectivity index (χ1n) is 4.24. The fourth-order valence-corrected chi connectivity index (χ4v) is 1.57. The van der Waals surface area contributed by atoms with Crippen molar-refractivity contribution in [2.45, 2.75) is 19.4 Å². The smallest absolute Gasteiger partial charge is 0.0728 e. The molecule has 1 nitrogen and oxygen atoms in total. The Balaban J connectivity index is 2.35. The first kappa shape index (κ1) is 7.56. The van der Waals surface area contributed by atoms with Gasteiger partial charge in [0.2, 0.25) is 0 Å². The molecule has 0 radical (unpaired) electrons. The zero-order valence-electron chi connectivity index (χ0n) is 7.12. The molecule has 0 aliphatic heterocycles. The van der Waals surface area contributed by atoms with E-state index >= 15 is 0 Å². The first-order valence-corrected chi connectivity index (χ1v) is 4.24. The first-order chi connectivity index (χ1) is 5.77. The number of aliphatic hydroxyl groups is 1. The maximum atomic E-state index is 9.36. The van der Waals surface area contributed by atoms with Gasteiger partial charge in [-0.15, -0.1) is 0 Å². The molecule has 1 aliphatic carbocycles. The number of fused-ring (bicyclic) bond motifs is 1. The lowest BCUT2D eigenvalue weighted by Crippen LogP contribution is -2.03. The van der Waals surface area contributed by atoms with E-state index in [0.717, 1.165) is 12.0 Å². The van der Waals surface area contributed by atoms with E-state index in [0.29, 0.717) is 0 Å². The lowest BCUT2D eigenvalue weighted by molar-refractivity contribution is 0.230. The van der Waals surface area contributed by atoms with Gasteiger partial charge < -0.3 is 5.11 Å². The molecule has 0 bridgehead atoms. The Morgan fingerprint density at radius 1 is 1.33 bits per heavy atom. The van der Waals surface area contributed by atoms with Gasteiger partial charge in [-0.3, -0.25) is 0 Å². The molecule has 12 heavy (non-hydrogen) atoms. The van der Waals surface area contributed by atoms with Gasteiger partial charge in [0.15, 0.2) is 0 Å². The van der Waals surface area contributed by atoms with E-state index in [1.165, 1.54) is 11.1 Å². The maximum Gasteiger partial charge on any atom is 0.0728 e. The van der Waals surface area contributed by atoms with Crippen molar-refractivity contribution in [3.05, 3.63) is 41.0 Å². The fraction of sp³-hybridized carbons (Fsp3) is 0.273. The van der Waals surface area contributed by atoms with Gasteiger partial charge in [-0.25, -0.2) is 0 Å². The van der Waals surface area contributed by atoms with Crippen molar-refractivity contribution in [2.75, 3.05) is 0 Å². The normalized spacial score (nSPS) is 17.0. The Labute approximate surface area is 72.4 Å². The van der Waals surface area contributed by atoms with Crippen LogP contribution < -0.4 is 0 Å². The van der Waals surface area contributed by atoms with Gasteiger partial charge in [-0.2, -0.15) is 0 Å². The Morgan fingerprint density at radius 2 is 2.08 bits per heavy atom. The summed E-state index contributed by atoms with van der Waals surface area (Å²) in [5.74, 6) is 0. The van der Waals surface area contributed by atoms with Crippen molar-refractivity contribution < 1.29 is 5.11 Å². The van der Waals surface area contributed by atoms with Crippen LogP contribution in [0.3, 0.4) is 0 Å². The predicted molar refractivity (Wildman–Crippen MR) is 49.8 cm³/mol. The highest BCUT2D eigenvalue weighted by atomic mass is 16.3. The number of aliphatic hydroxyl groups excluding tert-OH is 1. The minimum atomic E-state index is -0.308. The van der Waals surface area contributed by atoms with Crippen LogP contribution in [0.2, 0.25) is 0 Å². The van der Waals surface area contributed by atoms with Crippen molar-refractivity contribution in [3.63, 3.8) is 0 Å². The predicted octanol–water partition coefficient (Wildman–Crippen LogP) is 2.01. The van der Waals surface area contributed by atoms with Gasteiger partial charge >= 0.3 is 0 Å². The Morgan fingerprint density at radius 3 is 2.75 bits per heavy atom. The lowest BCUT2D eigenvalue weighted by Gasteiger charge is -2.03. The zero-order chi connectivity index (χ0) is 8.55. The molecular weight excluding hydrogens is 148 g/mol. The molecule has 1 N–H and O–H groups in total. The van der Waals surface area contributed by atoms with E-state index in [2.05, 4.69) is 18.2 Å². The van der Waals surface area contributed by atoms with Crippen molar-refractivity contribution in [2.24, 2.45) is 0 Å². The molecule has 0 fully saturated rings. The summed E-state index contributed by atoms with van der Waals surface area (Å²) in [6, 6.07) is 8.27. The molecule has 1 unspecified atom stereocenters. The molecule has 1 aliphatic rings. The Kier molecular flexibility index (Phi) is 1.74. The van der Waals surface area contributed by atoms with Crippen molar-refractivity contribution in [1.29, 1.82) is 0 Å². The fourth-order valence-electron chi connectivity index (χ4n) is 1.57. The summed E-state index contributed by atoms with van der Waals surface area (Å²) < 4.78 is 0. The minimum absolute atomic E-state index is 0.308. The molecule has 0 spiro atoms. The van der Waals surface area contributed by atoms with Gasteiger partial charge in [0.1, 0.15) is 0 Å². The summed E-state index contributed by atoms with van der Waals surface area (Å²) in [6.45, 7) is 1.82. The van der Waals surface area contributed by atoms with E-state index in [9.17, 15) is 5.11 Å². The molecule has 2 rings (SSSR count). The van der Waals surface area contributed by atoms with Crippen LogP contribution in [0.5, 0.6) is 0 Å². The van der Waals surface area contributed by atoms with Crippen LogP contribution >= 0.6 is 0 Å². The number of hydrogen-bond donors (Lipinski definition) is 1. The van der Waals surface area contributed by atoms with Crippen molar-refractivity contribution >= 4 is 6.08 Å². The second kappa shape index (κ2) is 2.76. The molecular formula is C11H12O. The molecule has 1 aromatic carbocycles. The van der Waals surface area contributed by atoms with Crippen LogP contribution in [0.1, 0.15) is 18.1 Å². The van der Waals surface area contributed by atoms with Gasteiger partial charge in [0, 0.05) is 0 Å². The van der Waals surface area contributed by atoms with Gasteiger partial charge in [0.05, 0.1) is 6.10 Å². The average Bonchev–Trinajstić information content (AvgIpc) is 2.46. The summed E-state index contributed by atoms with van der Waals surface area (Å²) in [4.78, 5) is 0. The van der Waals surface area contributed by atoms with Gasteiger partial charge in [0.25, 0.3) is 0 Å². The highest BCUT2D eigenvalue weighted by Crippen LogP contribution is 2.26. The van der Waals surface area contributed by atoms with E-state index in [1.807, 2.05) is 19.1 Å². The SMILES string of the molecule is CC(O)C1=Cc2ccccc2C1. The van der Waals surface area contributed by atoms with Crippen molar-refractivity contribution in [1.82, 2.24) is 0 Å². The van der Waals surface area contributed by atoms with E-state index in [-0.39, 0.29) is 6.10 Å². The summed E-state index contributed by atoms with van der Waals surface area (Å²) in [6.07, 6.45) is 2.69. The monoisotopic (exact) mass is 160 g/mol. The third kappa shape index (κ3) is 1.16. The van der Waals surface area contributed by atoms with E-state index in [1.54, 1.807) is 0 Å². The molecule has 0 heterocycles. The second-order valence-corrected chi connectivity index (χ2v) is 3.27. The van der Waals surface area contributed by atoms with E-state index in [4.69, 9.17) is 0 Å². The summed E-state index contributed by atoms with van der Waals surface area (Å²) in [7, 11) is 0. The second-order valence-electron chi connectivity index (χ2n) is 3.27. The third-order valence-electron chi connectivity index (χ3n) is 2.33.